The van der Waals surface area contributed by atoms with Crippen LogP contribution < -0.4 is 19.5 Å². The van der Waals surface area contributed by atoms with Crippen LogP contribution >= 0.6 is 11.6 Å². The van der Waals surface area contributed by atoms with Gasteiger partial charge < -0.3 is 14.8 Å². The molecule has 0 atom stereocenters. The van der Waals surface area contributed by atoms with Crippen LogP contribution in [0.2, 0.25) is 5.02 Å². The number of hydrogen-bond acceptors (Lipinski definition) is 5. The Hall–Kier alpha value is -3.30. The van der Waals surface area contributed by atoms with Crippen molar-refractivity contribution in [2.24, 2.45) is 0 Å². The number of carbonyl (C=O) groups excluding carboxylic acids is 1. The molecule has 0 spiro atoms. The average Bonchev–Trinajstić information content (AvgIpc) is 2.75. The number of amides is 1. The number of anilines is 2. The highest BCUT2D eigenvalue weighted by atomic mass is 35.5. The van der Waals surface area contributed by atoms with Crippen LogP contribution in [0.1, 0.15) is 17.3 Å². The van der Waals surface area contributed by atoms with Gasteiger partial charge >= 0.3 is 0 Å². The number of hydrogen-bond donors (Lipinski definition) is 2. The first kappa shape index (κ1) is 23.4. The summed E-state index contributed by atoms with van der Waals surface area (Å²) in [6.07, 6.45) is 0. The largest absolute Gasteiger partial charge is 0.495 e. The van der Waals surface area contributed by atoms with Crippen LogP contribution in [-0.2, 0) is 10.0 Å². The van der Waals surface area contributed by atoms with Crippen molar-refractivity contribution in [3.8, 4) is 11.5 Å². The number of nitrogens with one attached hydrogen (secondary N) is 2. The second-order valence-corrected chi connectivity index (χ2v) is 8.59. The first-order chi connectivity index (χ1) is 15.2. The van der Waals surface area contributed by atoms with Gasteiger partial charge in [0, 0.05) is 5.02 Å². The fourth-order valence-electron chi connectivity index (χ4n) is 2.85. The molecule has 168 valence electrons. The van der Waals surface area contributed by atoms with Crippen molar-refractivity contribution in [2.45, 2.75) is 11.8 Å². The van der Waals surface area contributed by atoms with E-state index in [0.717, 1.165) is 6.07 Å². The standard InChI is InChI=1S/C22H20ClFN2O5S/c1-3-31-21-11-9-15(13-18(21)25-22(27)16-6-4-5-7-17(16)24)32(28,29)26-19-12-14(23)8-10-20(19)30-2/h4-13,26H,3H2,1-2H3,(H,25,27). The zero-order valence-electron chi connectivity index (χ0n) is 17.2. The van der Waals surface area contributed by atoms with Crippen molar-refractivity contribution in [3.63, 3.8) is 0 Å². The predicted octanol–water partition coefficient (Wildman–Crippen LogP) is 4.94. The summed E-state index contributed by atoms with van der Waals surface area (Å²) in [5.41, 5.74) is 0.0249. The van der Waals surface area contributed by atoms with Crippen LogP contribution in [0.3, 0.4) is 0 Å². The van der Waals surface area contributed by atoms with E-state index in [2.05, 4.69) is 10.0 Å². The van der Waals surface area contributed by atoms with Gasteiger partial charge in [-0.2, -0.15) is 0 Å². The second kappa shape index (κ2) is 9.88. The second-order valence-electron chi connectivity index (χ2n) is 6.48. The van der Waals surface area contributed by atoms with E-state index >= 15 is 0 Å². The van der Waals surface area contributed by atoms with Crippen LogP contribution in [0, 0.1) is 5.82 Å². The zero-order chi connectivity index (χ0) is 23.3. The van der Waals surface area contributed by atoms with Crippen molar-refractivity contribution in [1.29, 1.82) is 0 Å². The minimum absolute atomic E-state index is 0.0704. The van der Waals surface area contributed by atoms with E-state index in [-0.39, 0.29) is 39.9 Å². The van der Waals surface area contributed by atoms with Crippen molar-refractivity contribution in [2.75, 3.05) is 23.8 Å². The van der Waals surface area contributed by atoms with Crippen LogP contribution in [0.15, 0.2) is 65.6 Å². The maximum Gasteiger partial charge on any atom is 0.262 e. The molecule has 3 aromatic carbocycles. The molecule has 0 fully saturated rings. The molecule has 7 nitrogen and oxygen atoms in total. The van der Waals surface area contributed by atoms with Crippen LogP contribution in [0.5, 0.6) is 11.5 Å². The highest BCUT2D eigenvalue weighted by Gasteiger charge is 2.21. The summed E-state index contributed by atoms with van der Waals surface area (Å²) in [6.45, 7) is 2.01. The Morgan fingerprint density at radius 3 is 2.44 bits per heavy atom. The molecule has 3 rings (SSSR count). The van der Waals surface area contributed by atoms with Gasteiger partial charge in [-0.25, -0.2) is 12.8 Å². The summed E-state index contributed by atoms with van der Waals surface area (Å²) < 4.78 is 53.0. The molecular formula is C22H20ClFN2O5S. The summed E-state index contributed by atoms with van der Waals surface area (Å²) >= 11 is 5.97. The summed E-state index contributed by atoms with van der Waals surface area (Å²) in [5.74, 6) is -0.946. The van der Waals surface area contributed by atoms with Gasteiger partial charge in [0.15, 0.2) is 0 Å². The minimum Gasteiger partial charge on any atom is -0.495 e. The van der Waals surface area contributed by atoms with Gasteiger partial charge in [-0.3, -0.25) is 9.52 Å². The van der Waals surface area contributed by atoms with Gasteiger partial charge in [0.2, 0.25) is 0 Å². The van der Waals surface area contributed by atoms with E-state index in [1.54, 1.807) is 13.0 Å². The average molecular weight is 479 g/mol. The Morgan fingerprint density at radius 1 is 1.03 bits per heavy atom. The first-order valence-corrected chi connectivity index (χ1v) is 11.3. The lowest BCUT2D eigenvalue weighted by Crippen LogP contribution is -2.17. The quantitative estimate of drug-likeness (QED) is 0.478. The number of rotatable bonds is 8. The number of carbonyl (C=O) groups is 1. The van der Waals surface area contributed by atoms with E-state index in [1.807, 2.05) is 0 Å². The summed E-state index contributed by atoms with van der Waals surface area (Å²) in [6, 6.07) is 13.9. The van der Waals surface area contributed by atoms with Crippen LogP contribution in [-0.4, -0.2) is 28.0 Å². The van der Waals surface area contributed by atoms with Gasteiger partial charge in [0.1, 0.15) is 17.3 Å². The lowest BCUT2D eigenvalue weighted by molar-refractivity contribution is 0.102. The van der Waals surface area contributed by atoms with Gasteiger partial charge in [-0.1, -0.05) is 23.7 Å². The van der Waals surface area contributed by atoms with Crippen LogP contribution in [0.25, 0.3) is 0 Å². The molecule has 10 heteroatoms. The van der Waals surface area contributed by atoms with Gasteiger partial charge in [0.25, 0.3) is 15.9 Å². The summed E-state index contributed by atoms with van der Waals surface area (Å²) in [4.78, 5) is 12.4. The van der Waals surface area contributed by atoms with E-state index < -0.39 is 21.7 Å². The number of benzene rings is 3. The molecule has 0 heterocycles. The van der Waals surface area contributed by atoms with E-state index in [9.17, 15) is 17.6 Å². The molecule has 0 aliphatic carbocycles. The zero-order valence-corrected chi connectivity index (χ0v) is 18.8. The Morgan fingerprint density at radius 2 is 1.75 bits per heavy atom. The maximum atomic E-state index is 14.0. The first-order valence-electron chi connectivity index (χ1n) is 9.44. The van der Waals surface area contributed by atoms with Crippen molar-refractivity contribution in [3.05, 3.63) is 77.1 Å². The third kappa shape index (κ3) is 5.30. The predicted molar refractivity (Wildman–Crippen MR) is 121 cm³/mol. The molecular weight excluding hydrogens is 459 g/mol. The third-order valence-electron chi connectivity index (χ3n) is 4.33. The topological polar surface area (TPSA) is 93.7 Å². The summed E-state index contributed by atoms with van der Waals surface area (Å²) in [7, 11) is -2.70. The molecule has 0 aliphatic rings. The molecule has 0 unspecified atom stereocenters. The lowest BCUT2D eigenvalue weighted by atomic mass is 10.2. The van der Waals surface area contributed by atoms with Gasteiger partial charge in [-0.05, 0) is 55.5 Å². The molecule has 0 saturated carbocycles. The van der Waals surface area contributed by atoms with E-state index in [1.165, 1.54) is 55.6 Å². The highest BCUT2D eigenvalue weighted by molar-refractivity contribution is 7.92. The Balaban J connectivity index is 1.97. The highest BCUT2D eigenvalue weighted by Crippen LogP contribution is 2.32. The number of halogens is 2. The minimum atomic E-state index is -4.10. The molecule has 2 N–H and O–H groups in total. The molecule has 0 aliphatic heterocycles. The molecule has 3 aromatic rings. The van der Waals surface area contributed by atoms with Crippen molar-refractivity contribution >= 4 is 38.9 Å². The fourth-order valence-corrected chi connectivity index (χ4v) is 4.11. The number of methoxy groups -OCH3 is 1. The number of sulfonamides is 1. The molecule has 32 heavy (non-hydrogen) atoms. The van der Waals surface area contributed by atoms with E-state index in [0.29, 0.717) is 5.02 Å². The van der Waals surface area contributed by atoms with Crippen molar-refractivity contribution < 1.29 is 27.1 Å². The summed E-state index contributed by atoms with van der Waals surface area (Å²) in [5, 5.41) is 2.83. The molecule has 0 saturated heterocycles. The number of ether oxygens (including phenoxy) is 2. The molecule has 0 bridgehead atoms. The van der Waals surface area contributed by atoms with Crippen LogP contribution in [0.4, 0.5) is 15.8 Å². The lowest BCUT2D eigenvalue weighted by Gasteiger charge is -2.15. The molecule has 1 amide bonds. The maximum absolute atomic E-state index is 14.0. The van der Waals surface area contributed by atoms with Gasteiger partial charge in [-0.15, -0.1) is 0 Å². The Bertz CT molecular complexity index is 1250. The SMILES string of the molecule is CCOc1ccc(S(=O)(=O)Nc2cc(Cl)ccc2OC)cc1NC(=O)c1ccccc1F. The van der Waals surface area contributed by atoms with Crippen molar-refractivity contribution in [1.82, 2.24) is 0 Å². The smallest absolute Gasteiger partial charge is 0.262 e. The monoisotopic (exact) mass is 478 g/mol. The van der Waals surface area contributed by atoms with Gasteiger partial charge in [0.05, 0.1) is 35.6 Å². The van der Waals surface area contributed by atoms with E-state index in [4.69, 9.17) is 21.1 Å². The Labute approximate surface area is 190 Å². The Kier molecular flexibility index (Phi) is 7.22. The molecule has 0 radical (unpaired) electrons. The normalized spacial score (nSPS) is 11.0. The molecule has 0 aromatic heterocycles. The third-order valence-corrected chi connectivity index (χ3v) is 5.93. The fraction of sp³-hybridized carbons (Fsp3) is 0.136.